The lowest BCUT2D eigenvalue weighted by atomic mass is 10.1. The quantitative estimate of drug-likeness (QED) is 0.793. The third-order valence-corrected chi connectivity index (χ3v) is 4.20. The van der Waals surface area contributed by atoms with Crippen molar-refractivity contribution >= 4 is 9.84 Å². The first-order valence-corrected chi connectivity index (χ1v) is 7.93. The van der Waals surface area contributed by atoms with E-state index in [1.165, 1.54) is 6.26 Å². The molecule has 1 aromatic rings. The lowest BCUT2D eigenvalue weighted by Crippen LogP contribution is -2.23. The van der Waals surface area contributed by atoms with E-state index in [1.807, 2.05) is 36.6 Å². The van der Waals surface area contributed by atoms with Crippen molar-refractivity contribution in [3.63, 3.8) is 0 Å². The maximum Gasteiger partial charge on any atom is 0.175 e. The van der Waals surface area contributed by atoms with E-state index in [0.717, 1.165) is 12.1 Å². The molecule has 1 aliphatic rings. The fraction of sp³-hybridized carbons (Fsp3) is 0.200. The minimum atomic E-state index is -3.14. The summed E-state index contributed by atoms with van der Waals surface area (Å²) >= 11 is 0. The highest BCUT2D eigenvalue weighted by atomic mass is 32.2. The van der Waals surface area contributed by atoms with Gasteiger partial charge in [0, 0.05) is 19.0 Å². The summed E-state index contributed by atoms with van der Waals surface area (Å²) in [6, 6.07) is 7.02. The molecule has 3 nitrogen and oxygen atoms in total. The molecule has 1 aromatic carbocycles. The maximum atomic E-state index is 11.4. The van der Waals surface area contributed by atoms with Gasteiger partial charge in [-0.05, 0) is 23.8 Å². The first-order valence-electron chi connectivity index (χ1n) is 6.04. The lowest BCUT2D eigenvalue weighted by molar-refractivity contribution is 0.355. The zero-order valence-corrected chi connectivity index (χ0v) is 11.7. The fourth-order valence-corrected chi connectivity index (χ4v) is 2.69. The Kier molecular flexibility index (Phi) is 3.90. The van der Waals surface area contributed by atoms with Gasteiger partial charge >= 0.3 is 0 Å². The van der Waals surface area contributed by atoms with Crippen molar-refractivity contribution in [2.24, 2.45) is 0 Å². The summed E-state index contributed by atoms with van der Waals surface area (Å²) < 4.78 is 22.9. The average molecular weight is 275 g/mol. The number of benzene rings is 1. The third-order valence-electron chi connectivity index (χ3n) is 3.07. The van der Waals surface area contributed by atoms with Crippen molar-refractivity contribution < 1.29 is 8.42 Å². The van der Waals surface area contributed by atoms with Crippen LogP contribution in [0.1, 0.15) is 11.6 Å². The predicted molar refractivity (Wildman–Crippen MR) is 77.5 cm³/mol. The number of hydrogen-bond acceptors (Lipinski definition) is 3. The van der Waals surface area contributed by atoms with Gasteiger partial charge in [0.2, 0.25) is 0 Å². The Labute approximate surface area is 114 Å². The molecular weight excluding hydrogens is 258 g/mol. The van der Waals surface area contributed by atoms with Crippen LogP contribution in [0.2, 0.25) is 0 Å². The van der Waals surface area contributed by atoms with Gasteiger partial charge in [-0.3, -0.25) is 0 Å². The molecule has 0 N–H and O–H groups in total. The molecule has 19 heavy (non-hydrogen) atoms. The Hall–Kier alpha value is -1.81. The third kappa shape index (κ3) is 3.15. The van der Waals surface area contributed by atoms with Crippen LogP contribution in [0.4, 0.5) is 0 Å². The van der Waals surface area contributed by atoms with Crippen LogP contribution in [0.15, 0.2) is 66.2 Å². The largest absolute Gasteiger partial charge is 0.363 e. The normalized spacial score (nSPS) is 16.4. The highest BCUT2D eigenvalue weighted by molar-refractivity contribution is 7.90. The van der Waals surface area contributed by atoms with Crippen molar-refractivity contribution in [2.45, 2.75) is 10.9 Å². The van der Waals surface area contributed by atoms with Crippen LogP contribution in [0.25, 0.3) is 0 Å². The molecule has 1 atom stereocenters. The molecule has 100 valence electrons. The molecule has 4 heteroatoms. The summed E-state index contributed by atoms with van der Waals surface area (Å²) in [6.07, 6.45) is 11.1. The minimum Gasteiger partial charge on any atom is -0.363 e. The monoisotopic (exact) mass is 275 g/mol. The number of nitrogens with zero attached hydrogens (tertiary/aromatic N) is 1. The summed E-state index contributed by atoms with van der Waals surface area (Å²) in [7, 11) is -3.14. The molecule has 0 amide bonds. The summed E-state index contributed by atoms with van der Waals surface area (Å²) in [5.41, 5.74) is 1.03. The van der Waals surface area contributed by atoms with Crippen LogP contribution >= 0.6 is 0 Å². The first-order chi connectivity index (χ1) is 9.02. The molecule has 1 heterocycles. The van der Waals surface area contributed by atoms with Gasteiger partial charge in [0.15, 0.2) is 9.84 Å². The minimum absolute atomic E-state index is 0.0508. The van der Waals surface area contributed by atoms with Crippen molar-refractivity contribution in [3.8, 4) is 0 Å². The van der Waals surface area contributed by atoms with E-state index < -0.39 is 9.84 Å². The predicted octanol–water partition coefficient (Wildman–Crippen LogP) is 2.70. The van der Waals surface area contributed by atoms with Crippen molar-refractivity contribution in [1.82, 2.24) is 4.90 Å². The Morgan fingerprint density at radius 3 is 2.42 bits per heavy atom. The SMILES string of the molecule is C=CC(c1ccc(S(C)(=O)=O)cc1)N1C=CC=CC1. The Bertz CT molecular complexity index is 612. The maximum absolute atomic E-state index is 11.4. The molecule has 0 aliphatic carbocycles. The van der Waals surface area contributed by atoms with E-state index in [2.05, 4.69) is 17.6 Å². The van der Waals surface area contributed by atoms with Crippen molar-refractivity contribution in [3.05, 3.63) is 66.9 Å². The smallest absolute Gasteiger partial charge is 0.175 e. The van der Waals surface area contributed by atoms with Crippen LogP contribution in [-0.2, 0) is 9.84 Å². The number of rotatable bonds is 4. The van der Waals surface area contributed by atoms with Gasteiger partial charge in [-0.25, -0.2) is 8.42 Å². The topological polar surface area (TPSA) is 37.4 Å². The van der Waals surface area contributed by atoms with Crippen LogP contribution in [0, 0.1) is 0 Å². The van der Waals surface area contributed by atoms with Crippen LogP contribution < -0.4 is 0 Å². The second-order valence-corrected chi connectivity index (χ2v) is 6.50. The van der Waals surface area contributed by atoms with Gasteiger partial charge < -0.3 is 4.90 Å². The molecule has 0 saturated carbocycles. The zero-order chi connectivity index (χ0) is 13.9. The molecule has 1 aliphatic heterocycles. The molecule has 0 bridgehead atoms. The van der Waals surface area contributed by atoms with Gasteiger partial charge in [-0.1, -0.05) is 30.4 Å². The van der Waals surface area contributed by atoms with E-state index in [1.54, 1.807) is 12.1 Å². The fourth-order valence-electron chi connectivity index (χ4n) is 2.06. The number of sulfone groups is 1. The van der Waals surface area contributed by atoms with Crippen LogP contribution in [-0.4, -0.2) is 26.1 Å². The first kappa shape index (κ1) is 13.6. The van der Waals surface area contributed by atoms with E-state index in [-0.39, 0.29) is 6.04 Å². The molecule has 0 radical (unpaired) electrons. The van der Waals surface area contributed by atoms with Gasteiger partial charge in [-0.15, -0.1) is 6.58 Å². The summed E-state index contributed by atoms with van der Waals surface area (Å²) in [5.74, 6) is 0. The average Bonchev–Trinajstić information content (AvgIpc) is 2.40. The lowest BCUT2D eigenvalue weighted by Gasteiger charge is -2.29. The van der Waals surface area contributed by atoms with E-state index in [9.17, 15) is 8.42 Å². The van der Waals surface area contributed by atoms with Crippen molar-refractivity contribution in [2.75, 3.05) is 12.8 Å². The number of hydrogen-bond donors (Lipinski definition) is 0. The standard InChI is InChI=1S/C15H17NO2S/c1-3-15(16-11-5-4-6-12-16)13-7-9-14(10-8-13)19(2,17)18/h3-11,15H,1,12H2,2H3. The zero-order valence-electron chi connectivity index (χ0n) is 10.9. The summed E-state index contributed by atoms with van der Waals surface area (Å²) in [4.78, 5) is 2.48. The molecule has 0 spiro atoms. The second-order valence-electron chi connectivity index (χ2n) is 4.49. The Morgan fingerprint density at radius 1 is 1.26 bits per heavy atom. The van der Waals surface area contributed by atoms with Gasteiger partial charge in [0.25, 0.3) is 0 Å². The molecule has 1 unspecified atom stereocenters. The van der Waals surface area contributed by atoms with E-state index in [0.29, 0.717) is 4.90 Å². The Balaban J connectivity index is 2.27. The molecular formula is C15H17NO2S. The summed E-state index contributed by atoms with van der Waals surface area (Å²) in [6.45, 7) is 4.69. The second kappa shape index (κ2) is 5.45. The molecule has 2 rings (SSSR count). The highest BCUT2D eigenvalue weighted by Crippen LogP contribution is 2.24. The Morgan fingerprint density at radius 2 is 1.95 bits per heavy atom. The van der Waals surface area contributed by atoms with Gasteiger partial charge in [0.1, 0.15) is 0 Å². The van der Waals surface area contributed by atoms with E-state index >= 15 is 0 Å². The van der Waals surface area contributed by atoms with Crippen LogP contribution in [0.5, 0.6) is 0 Å². The van der Waals surface area contributed by atoms with Gasteiger partial charge in [0.05, 0.1) is 10.9 Å². The molecule has 0 fully saturated rings. The summed E-state index contributed by atoms with van der Waals surface area (Å²) in [5, 5.41) is 0. The highest BCUT2D eigenvalue weighted by Gasteiger charge is 2.15. The van der Waals surface area contributed by atoms with Gasteiger partial charge in [-0.2, -0.15) is 0 Å². The van der Waals surface area contributed by atoms with Crippen molar-refractivity contribution in [1.29, 1.82) is 0 Å². The molecule has 0 aromatic heterocycles. The number of allylic oxidation sites excluding steroid dienone is 2. The molecule has 0 saturated heterocycles. The van der Waals surface area contributed by atoms with Crippen LogP contribution in [0.3, 0.4) is 0 Å². The van der Waals surface area contributed by atoms with E-state index in [4.69, 9.17) is 0 Å².